The summed E-state index contributed by atoms with van der Waals surface area (Å²) in [5.41, 5.74) is 4.21. The molecule has 4 rings (SSSR count). The standard InChI is InChI=1S/C22H14ClFN2O/c1-27-21-9-13(12-25)5-7-16(21)14-6-8-19-15(10-14)11-20(26-19)22-17(23)3-2-4-18(22)24/h2-11,26H,1H3. The van der Waals surface area contributed by atoms with E-state index in [9.17, 15) is 4.39 Å². The van der Waals surface area contributed by atoms with E-state index in [-0.39, 0.29) is 5.82 Å². The van der Waals surface area contributed by atoms with E-state index in [1.54, 1.807) is 31.4 Å². The zero-order valence-corrected chi connectivity index (χ0v) is 15.1. The lowest BCUT2D eigenvalue weighted by Gasteiger charge is -2.09. The molecule has 132 valence electrons. The molecule has 0 aliphatic rings. The average molecular weight is 377 g/mol. The van der Waals surface area contributed by atoms with Gasteiger partial charge < -0.3 is 9.72 Å². The van der Waals surface area contributed by atoms with E-state index in [2.05, 4.69) is 11.1 Å². The lowest BCUT2D eigenvalue weighted by molar-refractivity contribution is 0.416. The van der Waals surface area contributed by atoms with Crippen LogP contribution in [0.15, 0.2) is 60.7 Å². The molecule has 3 nitrogen and oxygen atoms in total. The summed E-state index contributed by atoms with van der Waals surface area (Å²) in [5.74, 6) is 0.254. The number of rotatable bonds is 3. The minimum atomic E-state index is -0.372. The molecule has 1 heterocycles. The summed E-state index contributed by atoms with van der Waals surface area (Å²) < 4.78 is 19.7. The van der Waals surface area contributed by atoms with Gasteiger partial charge in [0.15, 0.2) is 0 Å². The Bertz CT molecular complexity index is 1190. The monoisotopic (exact) mass is 376 g/mol. The summed E-state index contributed by atoms with van der Waals surface area (Å²) in [7, 11) is 1.58. The zero-order valence-electron chi connectivity index (χ0n) is 14.4. The summed E-state index contributed by atoms with van der Waals surface area (Å²) in [6.45, 7) is 0. The first-order chi connectivity index (χ1) is 13.1. The number of hydrogen-bond acceptors (Lipinski definition) is 2. The Labute approximate surface area is 160 Å². The van der Waals surface area contributed by atoms with E-state index in [1.165, 1.54) is 6.07 Å². The lowest BCUT2D eigenvalue weighted by Crippen LogP contribution is -1.89. The molecule has 0 bridgehead atoms. The number of benzene rings is 3. The lowest BCUT2D eigenvalue weighted by atomic mass is 10.0. The number of aromatic nitrogens is 1. The maximum Gasteiger partial charge on any atom is 0.134 e. The fraction of sp³-hybridized carbons (Fsp3) is 0.0455. The van der Waals surface area contributed by atoms with Crippen LogP contribution < -0.4 is 4.74 Å². The smallest absolute Gasteiger partial charge is 0.134 e. The van der Waals surface area contributed by atoms with Gasteiger partial charge in [-0.15, -0.1) is 0 Å². The van der Waals surface area contributed by atoms with Crippen molar-refractivity contribution >= 4 is 22.5 Å². The molecule has 0 atom stereocenters. The van der Waals surface area contributed by atoms with Crippen LogP contribution in [0.4, 0.5) is 4.39 Å². The van der Waals surface area contributed by atoms with Crippen LogP contribution in [0.1, 0.15) is 5.56 Å². The number of fused-ring (bicyclic) bond motifs is 1. The van der Waals surface area contributed by atoms with Gasteiger partial charge in [0, 0.05) is 16.5 Å². The second kappa shape index (κ2) is 6.79. The van der Waals surface area contributed by atoms with E-state index in [0.717, 1.165) is 22.0 Å². The minimum absolute atomic E-state index is 0.355. The maximum atomic E-state index is 14.2. The highest BCUT2D eigenvalue weighted by Gasteiger charge is 2.13. The molecular formula is C22H14ClFN2O. The predicted molar refractivity (Wildman–Crippen MR) is 105 cm³/mol. The van der Waals surface area contributed by atoms with Crippen molar-refractivity contribution in [2.75, 3.05) is 7.11 Å². The van der Waals surface area contributed by atoms with E-state index >= 15 is 0 Å². The van der Waals surface area contributed by atoms with Gasteiger partial charge >= 0.3 is 0 Å². The second-order valence-corrected chi connectivity index (χ2v) is 6.52. The van der Waals surface area contributed by atoms with Crippen molar-refractivity contribution in [1.82, 2.24) is 4.98 Å². The number of nitrogens with one attached hydrogen (secondary N) is 1. The van der Waals surface area contributed by atoms with E-state index in [0.29, 0.717) is 27.6 Å². The molecule has 0 fully saturated rings. The molecular weight excluding hydrogens is 363 g/mol. The first kappa shape index (κ1) is 17.1. The molecule has 0 unspecified atom stereocenters. The molecule has 0 amide bonds. The summed E-state index contributed by atoms with van der Waals surface area (Å²) >= 11 is 6.18. The molecule has 0 aliphatic carbocycles. The Hall–Kier alpha value is -3.29. The third kappa shape index (κ3) is 3.03. The van der Waals surface area contributed by atoms with E-state index < -0.39 is 0 Å². The van der Waals surface area contributed by atoms with Crippen LogP contribution in [0, 0.1) is 17.1 Å². The minimum Gasteiger partial charge on any atom is -0.496 e. The van der Waals surface area contributed by atoms with Crippen molar-refractivity contribution in [2.45, 2.75) is 0 Å². The topological polar surface area (TPSA) is 48.8 Å². The van der Waals surface area contributed by atoms with Gasteiger partial charge in [0.2, 0.25) is 0 Å². The molecule has 27 heavy (non-hydrogen) atoms. The molecule has 4 aromatic rings. The highest BCUT2D eigenvalue weighted by Crippen LogP contribution is 2.36. The normalized spacial score (nSPS) is 10.7. The Balaban J connectivity index is 1.84. The van der Waals surface area contributed by atoms with Gasteiger partial charge in [-0.25, -0.2) is 4.39 Å². The molecule has 1 aromatic heterocycles. The third-order valence-corrected chi connectivity index (χ3v) is 4.81. The molecule has 5 heteroatoms. The molecule has 0 saturated carbocycles. The van der Waals surface area contributed by atoms with Gasteiger partial charge in [-0.1, -0.05) is 23.7 Å². The van der Waals surface area contributed by atoms with Gasteiger partial charge in [0.1, 0.15) is 11.6 Å². The maximum absolute atomic E-state index is 14.2. The number of halogens is 2. The van der Waals surface area contributed by atoms with Crippen LogP contribution >= 0.6 is 11.6 Å². The van der Waals surface area contributed by atoms with Crippen molar-refractivity contribution in [1.29, 1.82) is 5.26 Å². The quantitative estimate of drug-likeness (QED) is 0.464. The van der Waals surface area contributed by atoms with Crippen LogP contribution in [0.3, 0.4) is 0 Å². The molecule has 0 aliphatic heterocycles. The van der Waals surface area contributed by atoms with Crippen LogP contribution in [0.2, 0.25) is 5.02 Å². The first-order valence-electron chi connectivity index (χ1n) is 8.26. The molecule has 0 spiro atoms. The average Bonchev–Trinajstić information content (AvgIpc) is 3.09. The number of nitrogens with zero attached hydrogens (tertiary/aromatic N) is 1. The fourth-order valence-electron chi connectivity index (χ4n) is 3.19. The van der Waals surface area contributed by atoms with Crippen molar-refractivity contribution in [3.63, 3.8) is 0 Å². The first-order valence-corrected chi connectivity index (χ1v) is 8.64. The Morgan fingerprint density at radius 3 is 2.67 bits per heavy atom. The molecule has 1 N–H and O–H groups in total. The fourth-order valence-corrected chi connectivity index (χ4v) is 3.45. The Kier molecular flexibility index (Phi) is 4.31. The van der Waals surface area contributed by atoms with Crippen molar-refractivity contribution < 1.29 is 9.13 Å². The number of ether oxygens (including phenoxy) is 1. The number of aromatic amines is 1. The van der Waals surface area contributed by atoms with Crippen LogP contribution in [-0.4, -0.2) is 12.1 Å². The van der Waals surface area contributed by atoms with Gasteiger partial charge in [0.25, 0.3) is 0 Å². The second-order valence-electron chi connectivity index (χ2n) is 6.11. The molecule has 0 radical (unpaired) electrons. The van der Waals surface area contributed by atoms with Crippen LogP contribution in [0.25, 0.3) is 33.3 Å². The number of H-pyrrole nitrogens is 1. The summed E-state index contributed by atoms with van der Waals surface area (Å²) in [6.07, 6.45) is 0. The third-order valence-electron chi connectivity index (χ3n) is 4.49. The molecule has 3 aromatic carbocycles. The van der Waals surface area contributed by atoms with E-state index in [4.69, 9.17) is 21.6 Å². The van der Waals surface area contributed by atoms with Crippen molar-refractivity contribution in [3.05, 3.63) is 77.1 Å². The van der Waals surface area contributed by atoms with E-state index in [1.807, 2.05) is 30.3 Å². The van der Waals surface area contributed by atoms with Crippen molar-refractivity contribution in [3.8, 4) is 34.2 Å². The Morgan fingerprint density at radius 1 is 1.07 bits per heavy atom. The van der Waals surface area contributed by atoms with Crippen molar-refractivity contribution in [2.24, 2.45) is 0 Å². The van der Waals surface area contributed by atoms with Gasteiger partial charge in [-0.3, -0.25) is 0 Å². The Morgan fingerprint density at radius 2 is 1.93 bits per heavy atom. The van der Waals surface area contributed by atoms with Gasteiger partial charge in [0.05, 0.1) is 35.0 Å². The predicted octanol–water partition coefficient (Wildman–Crippen LogP) is 6.17. The summed E-state index contributed by atoms with van der Waals surface area (Å²) in [6, 6.07) is 19.8. The SMILES string of the molecule is COc1cc(C#N)ccc1-c1ccc2[nH]c(-c3c(F)cccc3Cl)cc2c1. The van der Waals surface area contributed by atoms with Crippen LogP contribution in [0.5, 0.6) is 5.75 Å². The molecule has 0 saturated heterocycles. The van der Waals surface area contributed by atoms with Gasteiger partial charge in [-0.05, 0) is 54.1 Å². The highest BCUT2D eigenvalue weighted by atomic mass is 35.5. The summed E-state index contributed by atoms with van der Waals surface area (Å²) in [4.78, 5) is 3.22. The summed E-state index contributed by atoms with van der Waals surface area (Å²) in [5, 5.41) is 10.3. The largest absolute Gasteiger partial charge is 0.496 e. The van der Waals surface area contributed by atoms with Gasteiger partial charge in [-0.2, -0.15) is 5.26 Å². The number of hydrogen-bond donors (Lipinski definition) is 1. The highest BCUT2D eigenvalue weighted by molar-refractivity contribution is 6.33. The zero-order chi connectivity index (χ0) is 19.0. The number of nitriles is 1. The van der Waals surface area contributed by atoms with Crippen LogP contribution in [-0.2, 0) is 0 Å². The number of methoxy groups -OCH3 is 1.